The predicted octanol–water partition coefficient (Wildman–Crippen LogP) is 4.03. The maximum atomic E-state index is 13.9. The molecule has 2 amide bonds. The molecule has 0 aliphatic heterocycles. The maximum absolute atomic E-state index is 13.9. The van der Waals surface area contributed by atoms with Crippen LogP contribution in [0.15, 0.2) is 59.5 Å². The number of alkyl halides is 3. The van der Waals surface area contributed by atoms with E-state index in [1.807, 2.05) is 0 Å². The van der Waals surface area contributed by atoms with E-state index in [1.54, 1.807) is 0 Å². The van der Waals surface area contributed by atoms with Gasteiger partial charge in [-0.2, -0.15) is 13.2 Å². The zero-order valence-electron chi connectivity index (χ0n) is 18.0. The van der Waals surface area contributed by atoms with Gasteiger partial charge in [0.15, 0.2) is 0 Å². The maximum Gasteiger partial charge on any atom is 0.416 e. The van der Waals surface area contributed by atoms with Gasteiger partial charge in [-0.3, -0.25) is 19.0 Å². The lowest BCUT2D eigenvalue weighted by Crippen LogP contribution is -2.29. The Kier molecular flexibility index (Phi) is 6.75. The average Bonchev–Trinajstić information content (AvgIpc) is 2.74. The van der Waals surface area contributed by atoms with Gasteiger partial charge in [0.2, 0.25) is 5.91 Å². The van der Waals surface area contributed by atoms with Gasteiger partial charge >= 0.3 is 6.18 Å². The molecule has 1 heterocycles. The van der Waals surface area contributed by atoms with Gasteiger partial charge in [0.05, 0.1) is 28.5 Å². The lowest BCUT2D eigenvalue weighted by Gasteiger charge is -2.18. The number of anilines is 2. The summed E-state index contributed by atoms with van der Waals surface area (Å²) in [6.07, 6.45) is -3.40. The highest BCUT2D eigenvalue weighted by atomic mass is 19.4. The van der Waals surface area contributed by atoms with Crippen LogP contribution in [0.2, 0.25) is 0 Å². The van der Waals surface area contributed by atoms with Gasteiger partial charge in [0.25, 0.3) is 11.5 Å². The molecule has 0 fully saturated rings. The quantitative estimate of drug-likeness (QED) is 0.382. The average molecular weight is 476 g/mol. The molecule has 2 aromatic carbocycles. The second kappa shape index (κ2) is 9.38. The second-order valence-corrected chi connectivity index (χ2v) is 7.55. The minimum atomic E-state index is -4.60. The molecular formula is C23H20F4N4O3. The number of aromatic nitrogens is 1. The molecule has 0 radical (unpaired) electrons. The van der Waals surface area contributed by atoms with Crippen molar-refractivity contribution in [3.05, 3.63) is 87.6 Å². The molecule has 1 unspecified atom stereocenters. The molecule has 0 bridgehead atoms. The monoisotopic (exact) mass is 476 g/mol. The Hall–Kier alpha value is -4.15. The number of rotatable bonds is 5. The van der Waals surface area contributed by atoms with Gasteiger partial charge in [-0.05, 0) is 55.0 Å². The van der Waals surface area contributed by atoms with Crippen LogP contribution in [-0.2, 0) is 11.0 Å². The van der Waals surface area contributed by atoms with Crippen molar-refractivity contribution in [2.45, 2.75) is 26.1 Å². The SMILES string of the molecule is CC(=O)Nc1cc(-n2cc(C(=O)NC(C)c3cc(N)cc(C(F)(F)F)c3)ccc2=O)ccc1F. The van der Waals surface area contributed by atoms with E-state index in [-0.39, 0.29) is 28.2 Å². The highest BCUT2D eigenvalue weighted by Gasteiger charge is 2.31. The van der Waals surface area contributed by atoms with Crippen molar-refractivity contribution in [3.63, 3.8) is 0 Å². The minimum absolute atomic E-state index is 0.0248. The number of nitrogens with one attached hydrogen (secondary N) is 2. The molecule has 1 atom stereocenters. The van der Waals surface area contributed by atoms with Crippen LogP contribution in [0.1, 0.15) is 41.4 Å². The van der Waals surface area contributed by atoms with Crippen LogP contribution in [0, 0.1) is 5.82 Å². The molecule has 0 spiro atoms. The Morgan fingerprint density at radius 2 is 1.76 bits per heavy atom. The van der Waals surface area contributed by atoms with E-state index in [0.717, 1.165) is 28.8 Å². The predicted molar refractivity (Wildman–Crippen MR) is 118 cm³/mol. The molecule has 178 valence electrons. The number of nitrogen functional groups attached to an aromatic ring is 1. The third kappa shape index (κ3) is 5.61. The first-order valence-electron chi connectivity index (χ1n) is 9.94. The first kappa shape index (κ1) is 24.5. The van der Waals surface area contributed by atoms with E-state index in [4.69, 9.17) is 5.73 Å². The van der Waals surface area contributed by atoms with Crippen molar-refractivity contribution in [2.75, 3.05) is 11.1 Å². The van der Waals surface area contributed by atoms with Crippen LogP contribution >= 0.6 is 0 Å². The van der Waals surface area contributed by atoms with Crippen molar-refractivity contribution in [2.24, 2.45) is 0 Å². The number of benzene rings is 2. The van der Waals surface area contributed by atoms with Crippen molar-refractivity contribution in [1.29, 1.82) is 0 Å². The summed E-state index contributed by atoms with van der Waals surface area (Å²) in [7, 11) is 0. The zero-order chi connectivity index (χ0) is 25.2. The summed E-state index contributed by atoms with van der Waals surface area (Å²) in [5.74, 6) is -1.89. The molecule has 0 aliphatic carbocycles. The normalized spacial score (nSPS) is 12.2. The Bertz CT molecular complexity index is 1320. The molecule has 7 nitrogen and oxygen atoms in total. The topological polar surface area (TPSA) is 106 Å². The zero-order valence-corrected chi connectivity index (χ0v) is 18.0. The van der Waals surface area contributed by atoms with Crippen molar-refractivity contribution >= 4 is 23.2 Å². The van der Waals surface area contributed by atoms with E-state index in [2.05, 4.69) is 10.6 Å². The third-order valence-corrected chi connectivity index (χ3v) is 4.86. The number of nitrogens with two attached hydrogens (primary N) is 1. The van der Waals surface area contributed by atoms with Crippen molar-refractivity contribution < 1.29 is 27.2 Å². The largest absolute Gasteiger partial charge is 0.416 e. The highest BCUT2D eigenvalue weighted by Crippen LogP contribution is 2.32. The molecule has 0 aliphatic rings. The first-order valence-corrected chi connectivity index (χ1v) is 9.94. The molecule has 0 saturated carbocycles. The lowest BCUT2D eigenvalue weighted by molar-refractivity contribution is -0.137. The summed E-state index contributed by atoms with van der Waals surface area (Å²) in [5.41, 5.74) is 4.21. The number of halogens is 4. The van der Waals surface area contributed by atoms with Crippen LogP contribution in [0.4, 0.5) is 28.9 Å². The fraction of sp³-hybridized carbons (Fsp3) is 0.174. The molecule has 3 aromatic rings. The molecule has 34 heavy (non-hydrogen) atoms. The standard InChI is InChI=1S/C23H20F4N4O3/c1-12(15-7-16(23(25,26)27)9-17(28)8-15)29-22(34)14-3-6-21(33)31(11-14)18-4-5-19(24)20(10-18)30-13(2)32/h3-12H,28H2,1-2H3,(H,29,34)(H,30,32). The minimum Gasteiger partial charge on any atom is -0.399 e. The molecule has 1 aromatic heterocycles. The number of carbonyl (C=O) groups excluding carboxylic acids is 2. The fourth-order valence-corrected chi connectivity index (χ4v) is 3.23. The third-order valence-electron chi connectivity index (χ3n) is 4.86. The number of amides is 2. The van der Waals surface area contributed by atoms with E-state index in [1.165, 1.54) is 44.3 Å². The number of carbonyl (C=O) groups is 2. The van der Waals surface area contributed by atoms with E-state index < -0.39 is 41.0 Å². The van der Waals surface area contributed by atoms with Gasteiger partial charge in [-0.15, -0.1) is 0 Å². The van der Waals surface area contributed by atoms with Gasteiger partial charge < -0.3 is 16.4 Å². The molecule has 4 N–H and O–H groups in total. The molecule has 11 heteroatoms. The van der Waals surface area contributed by atoms with E-state index in [0.29, 0.717) is 0 Å². The Morgan fingerprint density at radius 1 is 1.06 bits per heavy atom. The van der Waals surface area contributed by atoms with Crippen LogP contribution < -0.4 is 21.9 Å². The van der Waals surface area contributed by atoms with Crippen LogP contribution in [-0.4, -0.2) is 16.4 Å². The Morgan fingerprint density at radius 3 is 2.41 bits per heavy atom. The molecule has 3 rings (SSSR count). The first-order chi connectivity index (χ1) is 15.8. The van der Waals surface area contributed by atoms with Crippen LogP contribution in [0.5, 0.6) is 0 Å². The fourth-order valence-electron chi connectivity index (χ4n) is 3.23. The number of hydrogen-bond donors (Lipinski definition) is 3. The summed E-state index contributed by atoms with van der Waals surface area (Å²) >= 11 is 0. The van der Waals surface area contributed by atoms with E-state index in [9.17, 15) is 31.9 Å². The summed E-state index contributed by atoms with van der Waals surface area (Å²) < 4.78 is 54.3. The summed E-state index contributed by atoms with van der Waals surface area (Å²) in [5, 5.41) is 4.87. The number of hydrogen-bond acceptors (Lipinski definition) is 4. The van der Waals surface area contributed by atoms with Crippen molar-refractivity contribution in [3.8, 4) is 5.69 Å². The van der Waals surface area contributed by atoms with Gasteiger partial charge in [0, 0.05) is 24.9 Å². The van der Waals surface area contributed by atoms with Gasteiger partial charge in [-0.1, -0.05) is 0 Å². The number of pyridine rings is 1. The summed E-state index contributed by atoms with van der Waals surface area (Å²) in [6, 6.07) is 8.11. The van der Waals surface area contributed by atoms with E-state index >= 15 is 0 Å². The highest BCUT2D eigenvalue weighted by molar-refractivity contribution is 5.94. The Balaban J connectivity index is 1.89. The summed E-state index contributed by atoms with van der Waals surface area (Å²) in [4.78, 5) is 36.4. The second-order valence-electron chi connectivity index (χ2n) is 7.55. The van der Waals surface area contributed by atoms with Gasteiger partial charge in [-0.25, -0.2) is 4.39 Å². The smallest absolute Gasteiger partial charge is 0.399 e. The Labute approximate surface area is 191 Å². The number of nitrogens with zero attached hydrogens (tertiary/aromatic N) is 1. The lowest BCUT2D eigenvalue weighted by atomic mass is 10.0. The van der Waals surface area contributed by atoms with Crippen LogP contribution in [0.3, 0.4) is 0 Å². The summed E-state index contributed by atoms with van der Waals surface area (Å²) in [6.45, 7) is 2.69. The molecule has 0 saturated heterocycles. The molecular weight excluding hydrogens is 456 g/mol. The van der Waals surface area contributed by atoms with Crippen molar-refractivity contribution in [1.82, 2.24) is 9.88 Å². The van der Waals surface area contributed by atoms with Crippen LogP contribution in [0.25, 0.3) is 5.69 Å². The van der Waals surface area contributed by atoms with Gasteiger partial charge in [0.1, 0.15) is 5.82 Å².